The van der Waals surface area contributed by atoms with Gasteiger partial charge in [0.25, 0.3) is 0 Å². The van der Waals surface area contributed by atoms with Crippen LogP contribution in [0.4, 0.5) is 0 Å². The van der Waals surface area contributed by atoms with Crippen molar-refractivity contribution >= 4 is 12.0 Å². The van der Waals surface area contributed by atoms with Gasteiger partial charge >= 0.3 is 0 Å². The number of phenolic OH excluding ortho intramolecular Hbond substituents is 1. The molecular weight excluding hydrogens is 286 g/mol. The fourth-order valence-electron chi connectivity index (χ4n) is 2.96. The van der Waals surface area contributed by atoms with Crippen LogP contribution in [0.1, 0.15) is 64.7 Å². The van der Waals surface area contributed by atoms with Crippen LogP contribution in [0.15, 0.2) is 17.7 Å². The molecule has 0 saturated carbocycles. The Bertz CT molecular complexity index is 622. The van der Waals surface area contributed by atoms with Crippen LogP contribution in [0.2, 0.25) is 0 Å². The number of hydrogen-bond acceptors (Lipinski definition) is 2. The zero-order valence-corrected chi connectivity index (χ0v) is 15.4. The lowest BCUT2D eigenvalue weighted by Crippen LogP contribution is -2.19. The molecule has 1 amide bonds. The second kappa shape index (κ2) is 5.70. The fraction of sp³-hybridized carbons (Fsp3) is 0.550. The highest BCUT2D eigenvalue weighted by molar-refractivity contribution is 5.99. The lowest BCUT2D eigenvalue weighted by Gasteiger charge is -2.28. The molecule has 1 aromatic rings. The van der Waals surface area contributed by atoms with E-state index in [2.05, 4.69) is 41.5 Å². The molecular formula is C20H29NO2. The molecule has 23 heavy (non-hydrogen) atoms. The van der Waals surface area contributed by atoms with E-state index in [0.29, 0.717) is 5.75 Å². The number of likely N-dealkylation sites (N-methyl/N-ethyl adjacent to an activating group) is 1. The number of rotatable bonds is 1. The molecule has 1 aliphatic heterocycles. The lowest BCUT2D eigenvalue weighted by atomic mass is 9.78. The van der Waals surface area contributed by atoms with Gasteiger partial charge in [-0.1, -0.05) is 41.5 Å². The molecule has 3 nitrogen and oxygen atoms in total. The van der Waals surface area contributed by atoms with Crippen LogP contribution in [0.5, 0.6) is 5.75 Å². The molecule has 0 bridgehead atoms. The minimum atomic E-state index is -0.158. The number of nitrogens with zero attached hydrogens (tertiary/aromatic N) is 1. The Labute approximate surface area is 140 Å². The number of carbonyl (C=O) groups excluding carboxylic acids is 1. The molecule has 1 saturated heterocycles. The van der Waals surface area contributed by atoms with Crippen molar-refractivity contribution in [3.05, 3.63) is 34.4 Å². The molecule has 0 aromatic heterocycles. The number of phenols is 1. The molecule has 1 heterocycles. The normalized spacial score (nSPS) is 18.1. The molecule has 0 aliphatic carbocycles. The van der Waals surface area contributed by atoms with Gasteiger partial charge in [-0.25, -0.2) is 0 Å². The van der Waals surface area contributed by atoms with Crippen molar-refractivity contribution in [3.8, 4) is 5.75 Å². The number of aromatic hydroxyl groups is 1. The largest absolute Gasteiger partial charge is 0.507 e. The summed E-state index contributed by atoms with van der Waals surface area (Å²) in [5.74, 6) is 0.481. The first kappa shape index (κ1) is 17.6. The van der Waals surface area contributed by atoms with Crippen LogP contribution in [0.25, 0.3) is 6.08 Å². The number of likely N-dealkylation sites (tertiary alicyclic amines) is 1. The number of benzene rings is 1. The van der Waals surface area contributed by atoms with E-state index in [1.54, 1.807) is 4.90 Å². The van der Waals surface area contributed by atoms with Crippen LogP contribution in [0, 0.1) is 0 Å². The highest BCUT2D eigenvalue weighted by atomic mass is 16.3. The Hall–Kier alpha value is -1.77. The minimum absolute atomic E-state index is 0.104. The maximum Gasteiger partial charge on any atom is 0.249 e. The summed E-state index contributed by atoms with van der Waals surface area (Å²) >= 11 is 0. The second-order valence-electron chi connectivity index (χ2n) is 8.61. The summed E-state index contributed by atoms with van der Waals surface area (Å²) < 4.78 is 0. The van der Waals surface area contributed by atoms with Gasteiger partial charge in [-0.3, -0.25) is 4.79 Å². The van der Waals surface area contributed by atoms with Gasteiger partial charge in [0.05, 0.1) is 0 Å². The smallest absolute Gasteiger partial charge is 0.249 e. The first-order valence-corrected chi connectivity index (χ1v) is 8.25. The van der Waals surface area contributed by atoms with Crippen molar-refractivity contribution in [2.24, 2.45) is 0 Å². The molecule has 2 rings (SSSR count). The van der Waals surface area contributed by atoms with E-state index in [0.717, 1.165) is 35.2 Å². The Kier molecular flexibility index (Phi) is 4.36. The van der Waals surface area contributed by atoms with E-state index in [-0.39, 0.29) is 16.7 Å². The molecule has 0 atom stereocenters. The van der Waals surface area contributed by atoms with Crippen molar-refractivity contribution in [1.29, 1.82) is 0 Å². The van der Waals surface area contributed by atoms with Crippen molar-refractivity contribution < 1.29 is 9.90 Å². The van der Waals surface area contributed by atoms with Crippen LogP contribution >= 0.6 is 0 Å². The van der Waals surface area contributed by atoms with Gasteiger partial charge in [-0.05, 0) is 41.0 Å². The first-order chi connectivity index (χ1) is 10.4. The zero-order valence-electron chi connectivity index (χ0n) is 15.4. The van der Waals surface area contributed by atoms with Gasteiger partial charge in [-0.15, -0.1) is 0 Å². The number of hydrogen-bond donors (Lipinski definition) is 1. The van der Waals surface area contributed by atoms with Crippen molar-refractivity contribution in [3.63, 3.8) is 0 Å². The van der Waals surface area contributed by atoms with Crippen molar-refractivity contribution in [1.82, 2.24) is 4.90 Å². The van der Waals surface area contributed by atoms with E-state index in [9.17, 15) is 9.90 Å². The molecule has 1 fully saturated rings. The Morgan fingerprint density at radius 3 is 1.87 bits per heavy atom. The highest BCUT2D eigenvalue weighted by Gasteiger charge is 2.27. The summed E-state index contributed by atoms with van der Waals surface area (Å²) in [6, 6.07) is 4.03. The SMILES string of the molecule is CN1CC/C(=C\c2cc(C(C)(C)C)c(O)c(C(C)(C)C)c2)C1=O. The zero-order chi connectivity index (χ0) is 17.6. The lowest BCUT2D eigenvalue weighted by molar-refractivity contribution is -0.123. The van der Waals surface area contributed by atoms with Crippen LogP contribution < -0.4 is 0 Å². The van der Waals surface area contributed by atoms with E-state index >= 15 is 0 Å². The van der Waals surface area contributed by atoms with Gasteiger partial charge in [0.2, 0.25) is 5.91 Å². The van der Waals surface area contributed by atoms with Crippen LogP contribution in [-0.2, 0) is 15.6 Å². The maximum absolute atomic E-state index is 12.1. The Balaban J connectivity index is 2.62. The summed E-state index contributed by atoms with van der Waals surface area (Å²) in [7, 11) is 1.83. The summed E-state index contributed by atoms with van der Waals surface area (Å²) in [6.45, 7) is 13.4. The van der Waals surface area contributed by atoms with Gasteiger partial charge in [0.15, 0.2) is 0 Å². The molecule has 126 valence electrons. The summed E-state index contributed by atoms with van der Waals surface area (Å²) in [6.07, 6.45) is 2.77. The predicted molar refractivity (Wildman–Crippen MR) is 95.7 cm³/mol. The topological polar surface area (TPSA) is 40.5 Å². The van der Waals surface area contributed by atoms with Crippen molar-refractivity contribution in [2.45, 2.75) is 58.8 Å². The molecule has 1 aliphatic rings. The Morgan fingerprint density at radius 1 is 1.04 bits per heavy atom. The van der Waals surface area contributed by atoms with E-state index < -0.39 is 0 Å². The highest BCUT2D eigenvalue weighted by Crippen LogP contribution is 2.40. The third kappa shape index (κ3) is 3.60. The fourth-order valence-corrected chi connectivity index (χ4v) is 2.96. The average molecular weight is 315 g/mol. The minimum Gasteiger partial charge on any atom is -0.507 e. The third-order valence-electron chi connectivity index (χ3n) is 4.43. The van der Waals surface area contributed by atoms with Crippen molar-refractivity contribution in [2.75, 3.05) is 13.6 Å². The maximum atomic E-state index is 12.1. The van der Waals surface area contributed by atoms with Gasteiger partial charge in [0, 0.05) is 30.3 Å². The molecule has 1 N–H and O–H groups in total. The monoisotopic (exact) mass is 315 g/mol. The van der Waals surface area contributed by atoms with E-state index in [4.69, 9.17) is 0 Å². The van der Waals surface area contributed by atoms with Crippen LogP contribution in [-0.4, -0.2) is 29.5 Å². The third-order valence-corrected chi connectivity index (χ3v) is 4.43. The van der Waals surface area contributed by atoms with Gasteiger partial charge in [-0.2, -0.15) is 0 Å². The molecule has 0 unspecified atom stereocenters. The molecule has 1 aromatic carbocycles. The molecule has 0 radical (unpaired) electrons. The molecule has 0 spiro atoms. The average Bonchev–Trinajstić information content (AvgIpc) is 2.70. The van der Waals surface area contributed by atoms with Crippen LogP contribution in [0.3, 0.4) is 0 Å². The summed E-state index contributed by atoms with van der Waals surface area (Å²) in [5, 5.41) is 10.7. The predicted octanol–water partition coefficient (Wildman–Crippen LogP) is 4.23. The first-order valence-electron chi connectivity index (χ1n) is 8.25. The number of carbonyl (C=O) groups is 1. The van der Waals surface area contributed by atoms with E-state index in [1.807, 2.05) is 25.3 Å². The Morgan fingerprint density at radius 2 is 1.52 bits per heavy atom. The second-order valence-corrected chi connectivity index (χ2v) is 8.61. The van der Waals surface area contributed by atoms with E-state index in [1.165, 1.54) is 0 Å². The van der Waals surface area contributed by atoms with Gasteiger partial charge < -0.3 is 10.0 Å². The quantitative estimate of drug-likeness (QED) is 0.788. The number of amides is 1. The molecule has 3 heteroatoms. The summed E-state index contributed by atoms with van der Waals surface area (Å²) in [4.78, 5) is 13.9. The summed E-state index contributed by atoms with van der Waals surface area (Å²) in [5.41, 5.74) is 3.38. The van der Waals surface area contributed by atoms with Gasteiger partial charge in [0.1, 0.15) is 5.75 Å². The standard InChI is InChI=1S/C20H29NO2/c1-19(2,3)15-11-13(10-14-8-9-21(7)18(14)23)12-16(17(15)22)20(4,5)6/h10-12,22H,8-9H2,1-7H3/b14-10+.